The predicted molar refractivity (Wildman–Crippen MR) is 78.5 cm³/mol. The van der Waals surface area contributed by atoms with E-state index in [1.807, 2.05) is 24.0 Å². The van der Waals surface area contributed by atoms with Crippen LogP contribution in [0.1, 0.15) is 22.3 Å². The van der Waals surface area contributed by atoms with E-state index < -0.39 is 0 Å². The highest BCUT2D eigenvalue weighted by molar-refractivity contribution is 7.99. The van der Waals surface area contributed by atoms with Crippen molar-refractivity contribution in [1.29, 1.82) is 0 Å². The Morgan fingerprint density at radius 1 is 0.944 bits per heavy atom. The Labute approximate surface area is 112 Å². The van der Waals surface area contributed by atoms with E-state index >= 15 is 0 Å². The number of rotatable bonds is 0. The quantitative estimate of drug-likeness (QED) is 0.559. The third-order valence-corrected chi connectivity index (χ3v) is 4.71. The average Bonchev–Trinajstić information content (AvgIpc) is 2.55. The van der Waals surface area contributed by atoms with Crippen molar-refractivity contribution in [3.05, 3.63) is 52.6 Å². The van der Waals surface area contributed by atoms with E-state index in [2.05, 4.69) is 50.0 Å². The lowest BCUT2D eigenvalue weighted by Gasteiger charge is -2.12. The van der Waals surface area contributed by atoms with Crippen LogP contribution >= 0.6 is 11.8 Å². The Morgan fingerprint density at radius 2 is 1.72 bits per heavy atom. The summed E-state index contributed by atoms with van der Waals surface area (Å²) in [5, 5.41) is 0. The van der Waals surface area contributed by atoms with Gasteiger partial charge in [-0.15, -0.1) is 0 Å². The molecule has 1 nitrogen and oxygen atoms in total. The molecule has 2 heteroatoms. The summed E-state index contributed by atoms with van der Waals surface area (Å²) in [4.78, 5) is 7.16. The second kappa shape index (κ2) is 4.29. The summed E-state index contributed by atoms with van der Waals surface area (Å²) in [5.41, 5.74) is 6.39. The summed E-state index contributed by atoms with van der Waals surface area (Å²) >= 11 is 1.82. The van der Waals surface area contributed by atoms with Crippen molar-refractivity contribution >= 4 is 23.7 Å². The van der Waals surface area contributed by atoms with Crippen molar-refractivity contribution < 1.29 is 0 Å². The molecule has 0 atom stereocenters. The van der Waals surface area contributed by atoms with Gasteiger partial charge in [0.15, 0.2) is 0 Å². The molecular weight excluding hydrogens is 238 g/mol. The van der Waals surface area contributed by atoms with E-state index in [-0.39, 0.29) is 0 Å². The van der Waals surface area contributed by atoms with E-state index in [1.54, 1.807) is 0 Å². The first-order valence-corrected chi connectivity index (χ1v) is 6.90. The van der Waals surface area contributed by atoms with E-state index in [0.29, 0.717) is 0 Å². The van der Waals surface area contributed by atoms with Gasteiger partial charge in [0, 0.05) is 21.6 Å². The van der Waals surface area contributed by atoms with Gasteiger partial charge in [0.25, 0.3) is 0 Å². The SMILES string of the molecule is Cc1cc2c(c(C)c1C)C=Nc1ccccc1S2. The number of fused-ring (bicyclic) bond motifs is 2. The first-order valence-electron chi connectivity index (χ1n) is 6.08. The Bertz CT molecular complexity index is 656. The lowest BCUT2D eigenvalue weighted by Crippen LogP contribution is -1.96. The van der Waals surface area contributed by atoms with E-state index in [1.165, 1.54) is 32.0 Å². The molecule has 1 aliphatic rings. The number of hydrogen-bond donors (Lipinski definition) is 0. The Balaban J connectivity index is 2.24. The van der Waals surface area contributed by atoms with Crippen LogP contribution in [0.3, 0.4) is 0 Å². The molecule has 3 rings (SSSR count). The molecule has 1 heterocycles. The van der Waals surface area contributed by atoms with Crippen LogP contribution in [-0.2, 0) is 0 Å². The van der Waals surface area contributed by atoms with Crippen molar-refractivity contribution in [2.45, 2.75) is 30.6 Å². The third-order valence-electron chi connectivity index (χ3n) is 3.59. The van der Waals surface area contributed by atoms with Crippen LogP contribution in [0.4, 0.5) is 5.69 Å². The van der Waals surface area contributed by atoms with Crippen molar-refractivity contribution in [2.24, 2.45) is 4.99 Å². The van der Waals surface area contributed by atoms with E-state index in [4.69, 9.17) is 0 Å². The number of para-hydroxylation sites is 1. The van der Waals surface area contributed by atoms with Gasteiger partial charge in [-0.25, -0.2) is 0 Å². The average molecular weight is 253 g/mol. The molecule has 0 N–H and O–H groups in total. The third kappa shape index (κ3) is 1.77. The number of aliphatic imine (C=N–C) groups is 1. The number of nitrogens with zero attached hydrogens (tertiary/aromatic N) is 1. The normalized spacial score (nSPS) is 12.8. The van der Waals surface area contributed by atoms with Crippen molar-refractivity contribution in [3.8, 4) is 0 Å². The monoisotopic (exact) mass is 253 g/mol. The molecule has 2 aromatic carbocycles. The minimum absolute atomic E-state index is 1.06. The largest absolute Gasteiger partial charge is 0.255 e. The lowest BCUT2D eigenvalue weighted by molar-refractivity contribution is 1.20. The van der Waals surface area contributed by atoms with Gasteiger partial charge in [0.2, 0.25) is 0 Å². The van der Waals surface area contributed by atoms with Gasteiger partial charge in [0.1, 0.15) is 0 Å². The number of hydrogen-bond acceptors (Lipinski definition) is 2. The minimum Gasteiger partial charge on any atom is -0.255 e. The van der Waals surface area contributed by atoms with Gasteiger partial charge >= 0.3 is 0 Å². The van der Waals surface area contributed by atoms with Crippen LogP contribution in [0.2, 0.25) is 0 Å². The maximum Gasteiger partial charge on any atom is 0.0769 e. The highest BCUT2D eigenvalue weighted by Crippen LogP contribution is 2.40. The highest BCUT2D eigenvalue weighted by Gasteiger charge is 2.14. The zero-order chi connectivity index (χ0) is 12.7. The molecule has 0 spiro atoms. The summed E-state index contributed by atoms with van der Waals surface area (Å²) in [5.74, 6) is 0. The number of aryl methyl sites for hydroxylation is 1. The predicted octanol–water partition coefficient (Wildman–Crippen LogP) is 4.83. The number of benzene rings is 2. The van der Waals surface area contributed by atoms with Crippen LogP contribution < -0.4 is 0 Å². The molecule has 0 unspecified atom stereocenters. The summed E-state index contributed by atoms with van der Waals surface area (Å²) in [6.07, 6.45) is 2.01. The van der Waals surface area contributed by atoms with Crippen molar-refractivity contribution in [3.63, 3.8) is 0 Å². The van der Waals surface area contributed by atoms with Crippen LogP contribution in [0.5, 0.6) is 0 Å². The van der Waals surface area contributed by atoms with Crippen LogP contribution in [0.25, 0.3) is 0 Å². The molecule has 0 radical (unpaired) electrons. The Kier molecular flexibility index (Phi) is 2.75. The topological polar surface area (TPSA) is 12.4 Å². The lowest BCUT2D eigenvalue weighted by atomic mass is 9.99. The molecule has 0 fully saturated rings. The standard InChI is InChI=1S/C16H15NS/c1-10-8-16-13(12(3)11(10)2)9-17-14-6-4-5-7-15(14)18-16/h4-9H,1-3H3. The first-order chi connectivity index (χ1) is 8.66. The smallest absolute Gasteiger partial charge is 0.0769 e. The minimum atomic E-state index is 1.06. The summed E-state index contributed by atoms with van der Waals surface area (Å²) in [6.45, 7) is 6.54. The maximum absolute atomic E-state index is 4.61. The van der Waals surface area contributed by atoms with E-state index in [0.717, 1.165) is 5.69 Å². The molecule has 0 aliphatic carbocycles. The highest BCUT2D eigenvalue weighted by atomic mass is 32.2. The molecule has 0 saturated carbocycles. The van der Waals surface area contributed by atoms with Crippen molar-refractivity contribution in [1.82, 2.24) is 0 Å². The molecule has 2 aromatic rings. The molecule has 90 valence electrons. The zero-order valence-corrected chi connectivity index (χ0v) is 11.6. The first kappa shape index (κ1) is 11.5. The summed E-state index contributed by atoms with van der Waals surface area (Å²) in [6, 6.07) is 10.6. The fourth-order valence-corrected chi connectivity index (χ4v) is 3.37. The molecule has 0 amide bonds. The fourth-order valence-electron chi connectivity index (χ4n) is 2.21. The van der Waals surface area contributed by atoms with Gasteiger partial charge in [0.05, 0.1) is 5.69 Å². The zero-order valence-electron chi connectivity index (χ0n) is 10.8. The summed E-state index contributed by atoms with van der Waals surface area (Å²) in [7, 11) is 0. The second-order valence-electron chi connectivity index (χ2n) is 4.68. The molecule has 0 bridgehead atoms. The van der Waals surface area contributed by atoms with Gasteiger partial charge in [-0.3, -0.25) is 4.99 Å². The molecular formula is C16H15NS. The fraction of sp³-hybridized carbons (Fsp3) is 0.188. The van der Waals surface area contributed by atoms with Crippen LogP contribution in [0.15, 0.2) is 45.1 Å². The second-order valence-corrected chi connectivity index (χ2v) is 5.77. The molecule has 0 aromatic heterocycles. The molecule has 0 saturated heterocycles. The Morgan fingerprint density at radius 3 is 2.56 bits per heavy atom. The summed E-state index contributed by atoms with van der Waals surface area (Å²) < 4.78 is 0. The van der Waals surface area contributed by atoms with Gasteiger partial charge < -0.3 is 0 Å². The van der Waals surface area contributed by atoms with Crippen molar-refractivity contribution in [2.75, 3.05) is 0 Å². The molecule has 18 heavy (non-hydrogen) atoms. The van der Waals surface area contributed by atoms with Crippen LogP contribution in [-0.4, -0.2) is 6.21 Å². The van der Waals surface area contributed by atoms with Gasteiger partial charge in [-0.1, -0.05) is 23.9 Å². The Hall–Kier alpha value is -1.54. The maximum atomic E-state index is 4.61. The van der Waals surface area contributed by atoms with Crippen LogP contribution in [0, 0.1) is 20.8 Å². The van der Waals surface area contributed by atoms with Gasteiger partial charge in [-0.05, 0) is 55.7 Å². The van der Waals surface area contributed by atoms with Gasteiger partial charge in [-0.2, -0.15) is 0 Å². The molecule has 1 aliphatic heterocycles. The van der Waals surface area contributed by atoms with E-state index in [9.17, 15) is 0 Å².